The minimum atomic E-state index is -0.550. The van der Waals surface area contributed by atoms with Crippen molar-refractivity contribution in [3.05, 3.63) is 30.1 Å². The molecule has 0 spiro atoms. The normalized spacial score (nSPS) is 21.3. The van der Waals surface area contributed by atoms with E-state index >= 15 is 0 Å². The highest BCUT2D eigenvalue weighted by molar-refractivity contribution is 5.94. The number of methoxy groups -OCH3 is 1. The number of amides is 1. The van der Waals surface area contributed by atoms with Crippen molar-refractivity contribution in [1.29, 1.82) is 0 Å². The van der Waals surface area contributed by atoms with Gasteiger partial charge in [0.15, 0.2) is 0 Å². The first-order chi connectivity index (χ1) is 11.2. The number of carbonyl (C=O) groups excluding carboxylic acids is 2. The molecule has 0 aliphatic carbocycles. The summed E-state index contributed by atoms with van der Waals surface area (Å²) < 4.78 is 12.3. The zero-order valence-electron chi connectivity index (χ0n) is 13.5. The molecule has 1 aromatic heterocycles. The molecule has 1 aliphatic heterocycles. The predicted molar refractivity (Wildman–Crippen MR) is 83.5 cm³/mol. The lowest BCUT2D eigenvalue weighted by atomic mass is 9.92. The molecule has 0 saturated carbocycles. The topological polar surface area (TPSA) is 82.5 Å². The fraction of sp³-hybridized carbons (Fsp3) is 0.562. The van der Waals surface area contributed by atoms with Gasteiger partial charge in [0.2, 0.25) is 5.91 Å². The van der Waals surface area contributed by atoms with E-state index in [-0.39, 0.29) is 17.9 Å². The maximum Gasteiger partial charge on any atom is 0.330 e. The van der Waals surface area contributed by atoms with Crippen molar-refractivity contribution in [2.24, 2.45) is 5.92 Å². The molecule has 0 aromatic carbocycles. The molecule has 2 rings (SSSR count). The van der Waals surface area contributed by atoms with Crippen LogP contribution in [-0.4, -0.2) is 41.9 Å². The van der Waals surface area contributed by atoms with E-state index in [2.05, 4.69) is 15.2 Å². The highest BCUT2D eigenvalue weighted by Gasteiger charge is 2.29. The van der Waals surface area contributed by atoms with Gasteiger partial charge in [-0.3, -0.25) is 9.48 Å². The van der Waals surface area contributed by atoms with Crippen LogP contribution in [0, 0.1) is 5.92 Å². The van der Waals surface area contributed by atoms with Crippen LogP contribution < -0.4 is 5.32 Å². The van der Waals surface area contributed by atoms with Gasteiger partial charge in [-0.2, -0.15) is 5.10 Å². The van der Waals surface area contributed by atoms with Gasteiger partial charge in [0, 0.05) is 44.0 Å². The molecule has 0 radical (unpaired) electrons. The fourth-order valence-electron chi connectivity index (χ4n) is 2.73. The highest BCUT2D eigenvalue weighted by Crippen LogP contribution is 2.33. The van der Waals surface area contributed by atoms with Crippen LogP contribution in [0.15, 0.2) is 24.4 Å². The Kier molecular flexibility index (Phi) is 6.34. The van der Waals surface area contributed by atoms with Gasteiger partial charge in [-0.25, -0.2) is 4.79 Å². The average Bonchev–Trinajstić information content (AvgIpc) is 3.06. The second-order valence-corrected chi connectivity index (χ2v) is 5.37. The zero-order valence-corrected chi connectivity index (χ0v) is 13.5. The van der Waals surface area contributed by atoms with E-state index in [0.717, 1.165) is 31.2 Å². The van der Waals surface area contributed by atoms with Crippen LogP contribution in [0.4, 0.5) is 0 Å². The molecule has 0 unspecified atom stereocenters. The highest BCUT2D eigenvalue weighted by atomic mass is 16.5. The third-order valence-electron chi connectivity index (χ3n) is 3.90. The Bertz CT molecular complexity index is 567. The Balaban J connectivity index is 1.95. The van der Waals surface area contributed by atoms with E-state index < -0.39 is 5.97 Å². The molecule has 1 fully saturated rings. The number of hydrogen-bond donors (Lipinski definition) is 1. The van der Waals surface area contributed by atoms with Crippen LogP contribution in [-0.2, 0) is 25.6 Å². The number of carbonyl (C=O) groups is 2. The van der Waals surface area contributed by atoms with Gasteiger partial charge in [-0.15, -0.1) is 0 Å². The second-order valence-electron chi connectivity index (χ2n) is 5.37. The number of ether oxygens (including phenoxy) is 2. The maximum absolute atomic E-state index is 11.8. The van der Waals surface area contributed by atoms with E-state index in [1.807, 2.05) is 17.7 Å². The van der Waals surface area contributed by atoms with Crippen LogP contribution in [0.2, 0.25) is 0 Å². The molecule has 7 nitrogen and oxygen atoms in total. The van der Waals surface area contributed by atoms with Crippen LogP contribution >= 0.6 is 0 Å². The smallest absolute Gasteiger partial charge is 0.330 e. The van der Waals surface area contributed by atoms with E-state index in [9.17, 15) is 9.59 Å². The standard InChI is InChI=1S/C16H23N3O4/c1-3-19-13(8-9-18-19)16-12(5-4-10-23-16)11-17-14(20)6-7-15(21)22-2/h6-9,12,16H,3-5,10-11H2,1-2H3,(H,17,20)/b7-6+/t12-,16+/m0/s1. The van der Waals surface area contributed by atoms with Crippen LogP contribution in [0.3, 0.4) is 0 Å². The van der Waals surface area contributed by atoms with Crippen molar-refractivity contribution in [3.8, 4) is 0 Å². The summed E-state index contributed by atoms with van der Waals surface area (Å²) in [7, 11) is 1.27. The summed E-state index contributed by atoms with van der Waals surface area (Å²) >= 11 is 0. The molecule has 0 bridgehead atoms. The lowest BCUT2D eigenvalue weighted by molar-refractivity contribution is -0.135. The van der Waals surface area contributed by atoms with E-state index in [0.29, 0.717) is 13.2 Å². The number of aryl methyl sites for hydroxylation is 1. The molecular weight excluding hydrogens is 298 g/mol. The van der Waals surface area contributed by atoms with E-state index in [1.54, 1.807) is 6.20 Å². The summed E-state index contributed by atoms with van der Waals surface area (Å²) in [5, 5.41) is 7.10. The largest absolute Gasteiger partial charge is 0.466 e. The number of hydrogen-bond acceptors (Lipinski definition) is 5. The molecule has 7 heteroatoms. The van der Waals surface area contributed by atoms with Gasteiger partial charge < -0.3 is 14.8 Å². The van der Waals surface area contributed by atoms with Crippen LogP contribution in [0.1, 0.15) is 31.6 Å². The molecule has 2 atom stereocenters. The van der Waals surface area contributed by atoms with Crippen molar-refractivity contribution in [2.75, 3.05) is 20.3 Å². The zero-order chi connectivity index (χ0) is 16.7. The maximum atomic E-state index is 11.8. The van der Waals surface area contributed by atoms with E-state index in [4.69, 9.17) is 4.74 Å². The van der Waals surface area contributed by atoms with Crippen LogP contribution in [0.5, 0.6) is 0 Å². The molecule has 2 heterocycles. The Morgan fingerprint density at radius 3 is 3.09 bits per heavy atom. The van der Waals surface area contributed by atoms with Crippen molar-refractivity contribution < 1.29 is 19.1 Å². The first-order valence-electron chi connectivity index (χ1n) is 7.82. The first-order valence-corrected chi connectivity index (χ1v) is 7.82. The molecule has 23 heavy (non-hydrogen) atoms. The SMILES string of the molecule is CCn1nccc1[C@@H]1OCCC[C@H]1CNC(=O)/C=C/C(=O)OC. The fourth-order valence-corrected chi connectivity index (χ4v) is 2.73. The summed E-state index contributed by atoms with van der Waals surface area (Å²) in [5.41, 5.74) is 1.04. The van der Waals surface area contributed by atoms with Gasteiger partial charge in [-0.05, 0) is 25.8 Å². The van der Waals surface area contributed by atoms with Gasteiger partial charge in [0.05, 0.1) is 12.8 Å². The predicted octanol–water partition coefficient (Wildman–Crippen LogP) is 1.22. The summed E-state index contributed by atoms with van der Waals surface area (Å²) in [6.07, 6.45) is 5.93. The summed E-state index contributed by atoms with van der Waals surface area (Å²) in [6, 6.07) is 1.96. The van der Waals surface area contributed by atoms with Gasteiger partial charge in [-0.1, -0.05) is 0 Å². The second kappa shape index (κ2) is 8.47. The van der Waals surface area contributed by atoms with Gasteiger partial charge >= 0.3 is 5.97 Å². The van der Waals surface area contributed by atoms with Crippen molar-refractivity contribution in [1.82, 2.24) is 15.1 Å². The number of esters is 1. The lowest BCUT2D eigenvalue weighted by Gasteiger charge is -2.32. The lowest BCUT2D eigenvalue weighted by Crippen LogP contribution is -2.35. The van der Waals surface area contributed by atoms with Gasteiger partial charge in [0.1, 0.15) is 6.10 Å². The summed E-state index contributed by atoms with van der Waals surface area (Å²) in [5.74, 6) is -0.684. The van der Waals surface area contributed by atoms with Crippen molar-refractivity contribution >= 4 is 11.9 Å². The first kappa shape index (κ1) is 17.2. The van der Waals surface area contributed by atoms with Crippen molar-refractivity contribution in [3.63, 3.8) is 0 Å². The Hall–Kier alpha value is -2.15. The number of rotatable bonds is 6. The Morgan fingerprint density at radius 2 is 2.35 bits per heavy atom. The Morgan fingerprint density at radius 1 is 1.52 bits per heavy atom. The molecule has 1 N–H and O–H groups in total. The molecule has 1 aromatic rings. The van der Waals surface area contributed by atoms with Crippen LogP contribution in [0.25, 0.3) is 0 Å². The average molecular weight is 321 g/mol. The summed E-state index contributed by atoms with van der Waals surface area (Å²) in [4.78, 5) is 22.7. The number of nitrogens with zero attached hydrogens (tertiary/aromatic N) is 2. The quantitative estimate of drug-likeness (QED) is 0.629. The van der Waals surface area contributed by atoms with E-state index in [1.165, 1.54) is 13.2 Å². The molecule has 1 aliphatic rings. The molecule has 1 amide bonds. The molecule has 126 valence electrons. The monoisotopic (exact) mass is 321 g/mol. The number of aromatic nitrogens is 2. The third kappa shape index (κ3) is 4.66. The van der Waals surface area contributed by atoms with Gasteiger partial charge in [0.25, 0.3) is 0 Å². The third-order valence-corrected chi connectivity index (χ3v) is 3.90. The molecule has 1 saturated heterocycles. The van der Waals surface area contributed by atoms with Crippen molar-refractivity contribution in [2.45, 2.75) is 32.4 Å². The Labute approximate surface area is 135 Å². The summed E-state index contributed by atoms with van der Waals surface area (Å²) in [6.45, 7) is 4.02. The number of nitrogens with one attached hydrogen (secondary N) is 1. The molecular formula is C16H23N3O4. The minimum Gasteiger partial charge on any atom is -0.466 e. The minimum absolute atomic E-state index is 0.0731.